The third-order valence-corrected chi connectivity index (χ3v) is 6.90. The van der Waals surface area contributed by atoms with E-state index in [2.05, 4.69) is 4.72 Å². The highest BCUT2D eigenvalue weighted by molar-refractivity contribution is 7.89. The van der Waals surface area contributed by atoms with Gasteiger partial charge in [0, 0.05) is 24.8 Å². The maximum Gasteiger partial charge on any atom is 0.275 e. The number of nitrogens with zero attached hydrogens (tertiary/aromatic N) is 2. The van der Waals surface area contributed by atoms with Crippen LogP contribution < -0.4 is 15.0 Å². The summed E-state index contributed by atoms with van der Waals surface area (Å²) in [5.74, 6) is 0.819. The van der Waals surface area contributed by atoms with Crippen molar-refractivity contribution in [2.75, 3.05) is 13.2 Å². The Morgan fingerprint density at radius 2 is 1.59 bits per heavy atom. The summed E-state index contributed by atoms with van der Waals surface area (Å²) in [6.07, 6.45) is 0. The molecule has 0 saturated heterocycles. The molecule has 0 saturated carbocycles. The Labute approximate surface area is 189 Å². The molecule has 172 valence electrons. The molecule has 1 aromatic heterocycles. The first kappa shape index (κ1) is 23.8. The van der Waals surface area contributed by atoms with Crippen molar-refractivity contribution in [2.45, 2.75) is 45.4 Å². The van der Waals surface area contributed by atoms with Crippen molar-refractivity contribution in [1.82, 2.24) is 14.1 Å². The smallest absolute Gasteiger partial charge is 0.275 e. The van der Waals surface area contributed by atoms with Crippen LogP contribution in [0.15, 0.2) is 52.2 Å². The molecule has 0 aliphatic heterocycles. The van der Waals surface area contributed by atoms with Crippen molar-refractivity contribution >= 4 is 10.0 Å². The van der Waals surface area contributed by atoms with Crippen LogP contribution in [0.5, 0.6) is 5.75 Å². The predicted molar refractivity (Wildman–Crippen MR) is 126 cm³/mol. The molecule has 2 aromatic carbocycles. The maximum absolute atomic E-state index is 12.9. The van der Waals surface area contributed by atoms with E-state index in [1.807, 2.05) is 59.9 Å². The minimum atomic E-state index is -3.69. The molecule has 8 heteroatoms. The molecule has 3 aromatic rings. The number of hydrogen-bond acceptors (Lipinski definition) is 4. The van der Waals surface area contributed by atoms with Gasteiger partial charge in [-0.3, -0.25) is 9.48 Å². The third-order valence-electron chi connectivity index (χ3n) is 5.42. The summed E-state index contributed by atoms with van der Waals surface area (Å²) in [5.41, 5.74) is 4.37. The van der Waals surface area contributed by atoms with Gasteiger partial charge in [-0.05, 0) is 74.2 Å². The molecule has 0 radical (unpaired) electrons. The first-order valence-electron chi connectivity index (χ1n) is 10.6. The summed E-state index contributed by atoms with van der Waals surface area (Å²) in [6, 6.07) is 12.2. The summed E-state index contributed by atoms with van der Waals surface area (Å²) in [4.78, 5) is 13.0. The van der Waals surface area contributed by atoms with Gasteiger partial charge in [0.15, 0.2) is 0 Å². The van der Waals surface area contributed by atoms with Crippen molar-refractivity contribution in [3.8, 4) is 11.4 Å². The van der Waals surface area contributed by atoms with Crippen LogP contribution in [0.3, 0.4) is 0 Å². The lowest BCUT2D eigenvalue weighted by molar-refractivity contribution is 0.322. The molecule has 32 heavy (non-hydrogen) atoms. The third kappa shape index (κ3) is 4.97. The van der Waals surface area contributed by atoms with Gasteiger partial charge in [0.25, 0.3) is 5.56 Å². The van der Waals surface area contributed by atoms with Crippen LogP contribution in [0.4, 0.5) is 0 Å². The molecule has 0 aliphatic carbocycles. The van der Waals surface area contributed by atoms with Crippen LogP contribution in [0.2, 0.25) is 0 Å². The second kappa shape index (κ2) is 9.34. The van der Waals surface area contributed by atoms with Crippen LogP contribution in [-0.4, -0.2) is 30.9 Å². The van der Waals surface area contributed by atoms with Gasteiger partial charge in [0.2, 0.25) is 10.0 Å². The summed E-state index contributed by atoms with van der Waals surface area (Å²) in [6.45, 7) is 10.2. The lowest BCUT2D eigenvalue weighted by Crippen LogP contribution is -2.28. The number of sulfonamides is 1. The first-order chi connectivity index (χ1) is 15.0. The number of aromatic nitrogens is 2. The molecule has 0 amide bonds. The Bertz CT molecular complexity index is 1250. The lowest BCUT2D eigenvalue weighted by atomic mass is 10.0. The molecular weight excluding hydrogens is 426 g/mol. The number of ether oxygens (including phenoxy) is 1. The predicted octanol–water partition coefficient (Wildman–Crippen LogP) is 3.58. The van der Waals surface area contributed by atoms with Gasteiger partial charge in [-0.25, -0.2) is 17.8 Å². The van der Waals surface area contributed by atoms with Gasteiger partial charge in [-0.1, -0.05) is 19.9 Å². The fourth-order valence-electron chi connectivity index (χ4n) is 3.90. The zero-order chi connectivity index (χ0) is 23.6. The number of aryl methyl sites for hydroxylation is 2. The van der Waals surface area contributed by atoms with E-state index in [1.54, 1.807) is 21.5 Å². The SMILES string of the molecule is Cc1cc(C)cc(OCCNS(=O)(=O)c2ccc(-n3c(=O)c(C(C)C)c(C)n3C)cc2)c1. The van der Waals surface area contributed by atoms with E-state index in [4.69, 9.17) is 4.74 Å². The minimum absolute atomic E-state index is 0.0859. The molecule has 0 aliphatic rings. The number of benzene rings is 2. The molecule has 3 rings (SSSR count). The molecular formula is C24H31N3O4S. The Balaban J connectivity index is 1.70. The van der Waals surface area contributed by atoms with Crippen LogP contribution in [0, 0.1) is 20.8 Å². The Morgan fingerprint density at radius 1 is 1.00 bits per heavy atom. The van der Waals surface area contributed by atoms with Gasteiger partial charge in [-0.15, -0.1) is 0 Å². The fraction of sp³-hybridized carbons (Fsp3) is 0.375. The average molecular weight is 458 g/mol. The molecule has 0 unspecified atom stereocenters. The molecule has 0 bridgehead atoms. The summed E-state index contributed by atoms with van der Waals surface area (Å²) in [7, 11) is -1.87. The number of nitrogens with one attached hydrogen (secondary N) is 1. The average Bonchev–Trinajstić information content (AvgIpc) is 2.93. The van der Waals surface area contributed by atoms with Crippen LogP contribution in [0.25, 0.3) is 5.69 Å². The summed E-state index contributed by atoms with van der Waals surface area (Å²) >= 11 is 0. The molecule has 0 spiro atoms. The summed E-state index contributed by atoms with van der Waals surface area (Å²) < 4.78 is 36.9. The largest absolute Gasteiger partial charge is 0.492 e. The van der Waals surface area contributed by atoms with E-state index in [1.165, 1.54) is 12.1 Å². The quantitative estimate of drug-likeness (QED) is 0.524. The van der Waals surface area contributed by atoms with Gasteiger partial charge >= 0.3 is 0 Å². The molecule has 0 atom stereocenters. The summed E-state index contributed by atoms with van der Waals surface area (Å²) in [5, 5.41) is 0. The second-order valence-corrected chi connectivity index (χ2v) is 10.1. The number of hydrogen-bond donors (Lipinski definition) is 1. The van der Waals surface area contributed by atoms with E-state index >= 15 is 0 Å². The monoisotopic (exact) mass is 457 g/mol. The molecule has 0 fully saturated rings. The van der Waals surface area contributed by atoms with Gasteiger partial charge < -0.3 is 4.74 Å². The van der Waals surface area contributed by atoms with Crippen molar-refractivity contribution in [3.63, 3.8) is 0 Å². The van der Waals surface area contributed by atoms with E-state index in [0.29, 0.717) is 5.69 Å². The lowest BCUT2D eigenvalue weighted by Gasteiger charge is -2.11. The Kier molecular flexibility index (Phi) is 6.95. The molecule has 7 nitrogen and oxygen atoms in total. The zero-order valence-corrected chi connectivity index (χ0v) is 20.3. The van der Waals surface area contributed by atoms with Crippen molar-refractivity contribution in [2.24, 2.45) is 7.05 Å². The van der Waals surface area contributed by atoms with Crippen molar-refractivity contribution in [3.05, 3.63) is 75.2 Å². The van der Waals surface area contributed by atoms with Crippen LogP contribution >= 0.6 is 0 Å². The highest BCUT2D eigenvalue weighted by Crippen LogP contribution is 2.19. The standard InChI is InChI=1S/C24H31N3O4S/c1-16(2)23-19(5)26(6)27(24(23)28)20-7-9-22(10-8-20)32(29,30)25-11-12-31-21-14-17(3)13-18(4)15-21/h7-10,13-16,25H,11-12H2,1-6H3. The normalized spacial score (nSPS) is 11.8. The van der Waals surface area contributed by atoms with E-state index in [-0.39, 0.29) is 29.5 Å². The molecule has 1 N–H and O–H groups in total. The van der Waals surface area contributed by atoms with Gasteiger partial charge in [0.05, 0.1) is 10.6 Å². The Hall–Kier alpha value is -2.84. The van der Waals surface area contributed by atoms with Crippen LogP contribution in [-0.2, 0) is 17.1 Å². The Morgan fingerprint density at radius 3 is 2.12 bits per heavy atom. The van der Waals surface area contributed by atoms with E-state index in [0.717, 1.165) is 28.1 Å². The van der Waals surface area contributed by atoms with E-state index in [9.17, 15) is 13.2 Å². The highest BCUT2D eigenvalue weighted by Gasteiger charge is 2.19. The zero-order valence-electron chi connectivity index (χ0n) is 19.5. The second-order valence-electron chi connectivity index (χ2n) is 8.36. The maximum atomic E-state index is 12.9. The fourth-order valence-corrected chi connectivity index (χ4v) is 4.91. The van der Waals surface area contributed by atoms with Gasteiger partial charge in [0.1, 0.15) is 12.4 Å². The van der Waals surface area contributed by atoms with Crippen LogP contribution in [0.1, 0.15) is 42.1 Å². The van der Waals surface area contributed by atoms with E-state index < -0.39 is 10.0 Å². The van der Waals surface area contributed by atoms with Crippen molar-refractivity contribution in [1.29, 1.82) is 0 Å². The van der Waals surface area contributed by atoms with Gasteiger partial charge in [-0.2, -0.15) is 0 Å². The number of rotatable bonds is 8. The topological polar surface area (TPSA) is 82.3 Å². The molecule has 1 heterocycles. The van der Waals surface area contributed by atoms with Crippen molar-refractivity contribution < 1.29 is 13.2 Å². The first-order valence-corrected chi connectivity index (χ1v) is 12.1. The minimum Gasteiger partial charge on any atom is -0.492 e. The highest BCUT2D eigenvalue weighted by atomic mass is 32.2.